The number of carboxylic acid groups (broad SMARTS) is 1. The van der Waals surface area contributed by atoms with Gasteiger partial charge >= 0.3 is 5.97 Å². The summed E-state index contributed by atoms with van der Waals surface area (Å²) in [6.45, 7) is 1.50. The molecule has 0 radical (unpaired) electrons. The lowest BCUT2D eigenvalue weighted by Gasteiger charge is -2.08. The van der Waals surface area contributed by atoms with Crippen LogP contribution in [0.5, 0.6) is 0 Å². The molecule has 1 heterocycles. The highest BCUT2D eigenvalue weighted by molar-refractivity contribution is 6.31. The number of nitrogens with zero attached hydrogens (tertiary/aromatic N) is 2. The van der Waals surface area contributed by atoms with Gasteiger partial charge in [0.2, 0.25) is 0 Å². The van der Waals surface area contributed by atoms with E-state index >= 15 is 0 Å². The zero-order valence-electron chi connectivity index (χ0n) is 10.1. The number of carboxylic acids is 1. The lowest BCUT2D eigenvalue weighted by atomic mass is 10.2. The zero-order chi connectivity index (χ0) is 14.2. The van der Waals surface area contributed by atoms with E-state index < -0.39 is 11.8 Å². The summed E-state index contributed by atoms with van der Waals surface area (Å²) in [5.41, 5.74) is 0.144. The van der Waals surface area contributed by atoms with Crippen molar-refractivity contribution in [3.63, 3.8) is 0 Å². The van der Waals surface area contributed by atoms with Crippen LogP contribution in [0.3, 0.4) is 0 Å². The van der Waals surface area contributed by atoms with Crippen LogP contribution in [0.1, 0.15) is 16.2 Å². The molecule has 0 aliphatic carbocycles. The van der Waals surface area contributed by atoms with Gasteiger partial charge in [0.15, 0.2) is 17.3 Å². The molecular formula is C12H10ClFN2O3. The second-order valence-corrected chi connectivity index (χ2v) is 4.16. The van der Waals surface area contributed by atoms with Crippen LogP contribution in [0.15, 0.2) is 18.2 Å². The summed E-state index contributed by atoms with van der Waals surface area (Å²) < 4.78 is 14.9. The first-order chi connectivity index (χ1) is 8.97. The number of rotatable bonds is 3. The van der Waals surface area contributed by atoms with Crippen LogP contribution in [0.4, 0.5) is 4.39 Å². The topological polar surface area (TPSA) is 64.4 Å². The van der Waals surface area contributed by atoms with Gasteiger partial charge in [-0.15, -0.1) is 0 Å². The molecule has 0 spiro atoms. The first kappa shape index (κ1) is 13.4. The van der Waals surface area contributed by atoms with Crippen LogP contribution in [0.2, 0.25) is 5.02 Å². The van der Waals surface area contributed by atoms with Gasteiger partial charge in [-0.05, 0) is 19.1 Å². The normalized spacial score (nSPS) is 10.5. The van der Waals surface area contributed by atoms with Gasteiger partial charge in [-0.1, -0.05) is 17.7 Å². The number of aromatic nitrogens is 2. The molecule has 0 saturated carbocycles. The summed E-state index contributed by atoms with van der Waals surface area (Å²) in [7, 11) is 1.28. The monoisotopic (exact) mass is 284 g/mol. The summed E-state index contributed by atoms with van der Waals surface area (Å²) >= 11 is 5.70. The Labute approximate surface area is 113 Å². The van der Waals surface area contributed by atoms with Crippen molar-refractivity contribution in [1.29, 1.82) is 0 Å². The van der Waals surface area contributed by atoms with Crippen molar-refractivity contribution < 1.29 is 19.1 Å². The van der Waals surface area contributed by atoms with Crippen molar-refractivity contribution in [2.75, 3.05) is 7.11 Å². The van der Waals surface area contributed by atoms with E-state index in [2.05, 4.69) is 4.98 Å². The molecular weight excluding hydrogens is 275 g/mol. The fourth-order valence-corrected chi connectivity index (χ4v) is 1.95. The van der Waals surface area contributed by atoms with Gasteiger partial charge in [-0.2, -0.15) is 4.73 Å². The summed E-state index contributed by atoms with van der Waals surface area (Å²) in [4.78, 5) is 20.1. The molecule has 0 atom stereocenters. The molecule has 100 valence electrons. The Kier molecular flexibility index (Phi) is 3.44. The van der Waals surface area contributed by atoms with Crippen molar-refractivity contribution in [1.82, 2.24) is 9.71 Å². The Hall–Kier alpha value is -2.08. The highest BCUT2D eigenvalue weighted by Crippen LogP contribution is 2.28. The number of aryl methyl sites for hydroxylation is 1. The average Bonchev–Trinajstić information content (AvgIpc) is 2.69. The van der Waals surface area contributed by atoms with Gasteiger partial charge in [0, 0.05) is 0 Å². The van der Waals surface area contributed by atoms with Crippen LogP contribution in [0.25, 0.3) is 11.4 Å². The van der Waals surface area contributed by atoms with Crippen LogP contribution >= 0.6 is 11.6 Å². The SMILES string of the molecule is COn1c(-c2cccc(Cl)c2F)nc(C)c1C(=O)O. The maximum absolute atomic E-state index is 14.0. The molecule has 5 nitrogen and oxygen atoms in total. The Bertz CT molecular complexity index is 655. The summed E-state index contributed by atoms with van der Waals surface area (Å²) in [6.07, 6.45) is 0. The Morgan fingerprint density at radius 3 is 2.79 bits per heavy atom. The van der Waals surface area contributed by atoms with Gasteiger partial charge in [-0.3, -0.25) is 0 Å². The van der Waals surface area contributed by atoms with Crippen molar-refractivity contribution in [3.8, 4) is 11.4 Å². The van der Waals surface area contributed by atoms with E-state index in [1.807, 2.05) is 0 Å². The number of aromatic carboxylic acids is 1. The summed E-state index contributed by atoms with van der Waals surface area (Å²) in [6, 6.07) is 4.39. The molecule has 19 heavy (non-hydrogen) atoms. The molecule has 0 unspecified atom stereocenters. The minimum absolute atomic E-state index is 0.0531. The van der Waals surface area contributed by atoms with Gasteiger partial charge in [-0.25, -0.2) is 14.2 Å². The molecule has 1 aromatic carbocycles. The van der Waals surface area contributed by atoms with E-state index in [0.29, 0.717) is 0 Å². The third-order valence-electron chi connectivity index (χ3n) is 2.59. The van der Waals surface area contributed by atoms with Gasteiger partial charge in [0.25, 0.3) is 0 Å². The first-order valence-corrected chi connectivity index (χ1v) is 5.66. The van der Waals surface area contributed by atoms with E-state index in [4.69, 9.17) is 21.5 Å². The minimum Gasteiger partial charge on any atom is -0.476 e. The summed E-state index contributed by atoms with van der Waals surface area (Å²) in [5.74, 6) is -1.83. The van der Waals surface area contributed by atoms with Crippen molar-refractivity contribution in [3.05, 3.63) is 40.4 Å². The van der Waals surface area contributed by atoms with Gasteiger partial charge in [0.1, 0.15) is 7.11 Å². The molecule has 2 rings (SSSR count). The van der Waals surface area contributed by atoms with E-state index in [0.717, 1.165) is 4.73 Å². The molecule has 0 aliphatic heterocycles. The van der Waals surface area contributed by atoms with Crippen LogP contribution in [-0.4, -0.2) is 27.9 Å². The highest BCUT2D eigenvalue weighted by atomic mass is 35.5. The molecule has 0 fully saturated rings. The highest BCUT2D eigenvalue weighted by Gasteiger charge is 2.24. The third-order valence-corrected chi connectivity index (χ3v) is 2.88. The molecule has 0 aliphatic rings. The molecule has 1 aromatic heterocycles. The van der Waals surface area contributed by atoms with E-state index in [1.165, 1.54) is 26.2 Å². The van der Waals surface area contributed by atoms with Crippen molar-refractivity contribution in [2.24, 2.45) is 0 Å². The van der Waals surface area contributed by atoms with Gasteiger partial charge in [0.05, 0.1) is 16.3 Å². The standard InChI is InChI=1S/C12H10ClFN2O3/c1-6-10(12(17)18)16(19-2)11(15-6)7-4-3-5-8(13)9(7)14/h3-5H,1-2H3,(H,17,18). The smallest absolute Gasteiger partial charge is 0.357 e. The number of benzene rings is 1. The summed E-state index contributed by atoms with van der Waals surface area (Å²) in [5, 5.41) is 9.03. The number of imidazole rings is 1. The van der Waals surface area contributed by atoms with Crippen molar-refractivity contribution in [2.45, 2.75) is 6.92 Å². The number of carbonyl (C=O) groups is 1. The second kappa shape index (κ2) is 4.89. The number of halogens is 2. The van der Waals surface area contributed by atoms with E-state index in [9.17, 15) is 9.18 Å². The van der Waals surface area contributed by atoms with E-state index in [-0.39, 0.29) is 27.8 Å². The third kappa shape index (κ3) is 2.15. The van der Waals surface area contributed by atoms with Gasteiger partial charge < -0.3 is 9.94 Å². The predicted octanol–water partition coefficient (Wildman–Crippen LogP) is 2.41. The lowest BCUT2D eigenvalue weighted by Crippen LogP contribution is -2.16. The molecule has 1 N–H and O–H groups in total. The largest absolute Gasteiger partial charge is 0.476 e. The Morgan fingerprint density at radius 2 is 2.21 bits per heavy atom. The van der Waals surface area contributed by atoms with Crippen molar-refractivity contribution >= 4 is 17.6 Å². The second-order valence-electron chi connectivity index (χ2n) is 3.75. The Balaban J connectivity index is 2.73. The average molecular weight is 285 g/mol. The molecule has 0 saturated heterocycles. The first-order valence-electron chi connectivity index (χ1n) is 5.28. The maximum Gasteiger partial charge on any atom is 0.357 e. The fraction of sp³-hybridized carbons (Fsp3) is 0.167. The molecule has 0 amide bonds. The van der Waals surface area contributed by atoms with Crippen LogP contribution < -0.4 is 4.84 Å². The molecule has 2 aromatic rings. The van der Waals surface area contributed by atoms with Crippen LogP contribution in [0, 0.1) is 12.7 Å². The fourth-order valence-electron chi connectivity index (χ4n) is 1.78. The Morgan fingerprint density at radius 1 is 1.53 bits per heavy atom. The minimum atomic E-state index is -1.21. The number of hydrogen-bond donors (Lipinski definition) is 1. The zero-order valence-corrected chi connectivity index (χ0v) is 10.9. The molecule has 0 bridgehead atoms. The molecule has 7 heteroatoms. The number of hydrogen-bond acceptors (Lipinski definition) is 3. The predicted molar refractivity (Wildman–Crippen MR) is 66.8 cm³/mol. The quantitative estimate of drug-likeness (QED) is 0.940. The van der Waals surface area contributed by atoms with E-state index in [1.54, 1.807) is 6.07 Å². The van der Waals surface area contributed by atoms with Crippen LogP contribution in [-0.2, 0) is 0 Å². The lowest BCUT2D eigenvalue weighted by molar-refractivity contribution is 0.0640. The maximum atomic E-state index is 14.0.